The van der Waals surface area contributed by atoms with E-state index in [1.807, 2.05) is 0 Å². The van der Waals surface area contributed by atoms with Crippen LogP contribution in [0.3, 0.4) is 0 Å². The lowest BCUT2D eigenvalue weighted by atomic mass is 10.3. The number of esters is 1. The molecule has 1 fully saturated rings. The first-order chi connectivity index (χ1) is 10.2. The normalized spacial score (nSPS) is 17.6. The number of aromatic nitrogens is 1. The van der Waals surface area contributed by atoms with Crippen molar-refractivity contribution < 1.29 is 19.1 Å². The third-order valence-corrected chi connectivity index (χ3v) is 3.30. The third-order valence-electron chi connectivity index (χ3n) is 3.30. The van der Waals surface area contributed by atoms with Crippen molar-refractivity contribution in [3.8, 4) is 5.75 Å². The highest BCUT2D eigenvalue weighted by Gasteiger charge is 2.27. The van der Waals surface area contributed by atoms with E-state index in [0.717, 1.165) is 12.2 Å². The van der Waals surface area contributed by atoms with Gasteiger partial charge in [0.15, 0.2) is 0 Å². The quantitative estimate of drug-likeness (QED) is 0.741. The summed E-state index contributed by atoms with van der Waals surface area (Å²) in [5, 5.41) is 0. The van der Waals surface area contributed by atoms with Gasteiger partial charge in [0.05, 0.1) is 19.6 Å². The van der Waals surface area contributed by atoms with Gasteiger partial charge in [-0.1, -0.05) is 0 Å². The molecule has 1 aromatic heterocycles. The lowest BCUT2D eigenvalue weighted by molar-refractivity contribution is -0.145. The van der Waals surface area contributed by atoms with E-state index in [1.165, 1.54) is 0 Å². The Morgan fingerprint density at radius 3 is 2.81 bits per heavy atom. The van der Waals surface area contributed by atoms with Gasteiger partial charge < -0.3 is 14.4 Å². The molecule has 114 valence electrons. The van der Waals surface area contributed by atoms with Crippen LogP contribution in [0.15, 0.2) is 24.5 Å². The van der Waals surface area contributed by atoms with Crippen molar-refractivity contribution in [2.75, 3.05) is 19.7 Å². The molecule has 2 rings (SSSR count). The molecule has 21 heavy (non-hydrogen) atoms. The highest BCUT2D eigenvalue weighted by atomic mass is 16.5. The zero-order valence-electron chi connectivity index (χ0n) is 12.2. The van der Waals surface area contributed by atoms with Gasteiger partial charge in [0.2, 0.25) is 5.91 Å². The minimum atomic E-state index is -0.324. The van der Waals surface area contributed by atoms with Crippen LogP contribution in [0, 0.1) is 0 Å². The van der Waals surface area contributed by atoms with Gasteiger partial charge in [0.1, 0.15) is 11.9 Å². The highest BCUT2D eigenvalue weighted by molar-refractivity contribution is 5.81. The van der Waals surface area contributed by atoms with E-state index in [-0.39, 0.29) is 30.8 Å². The van der Waals surface area contributed by atoms with Crippen molar-refractivity contribution in [3.05, 3.63) is 24.5 Å². The summed E-state index contributed by atoms with van der Waals surface area (Å²) in [4.78, 5) is 28.9. The van der Waals surface area contributed by atoms with Gasteiger partial charge in [-0.2, -0.15) is 0 Å². The molecule has 0 aliphatic carbocycles. The van der Waals surface area contributed by atoms with Crippen molar-refractivity contribution in [1.29, 1.82) is 0 Å². The van der Waals surface area contributed by atoms with E-state index in [9.17, 15) is 9.59 Å². The molecule has 2 heterocycles. The molecule has 0 saturated carbocycles. The number of ether oxygens (including phenoxy) is 2. The predicted octanol–water partition coefficient (Wildman–Crippen LogP) is 1.40. The second kappa shape index (κ2) is 7.61. The van der Waals surface area contributed by atoms with E-state index in [2.05, 4.69) is 4.98 Å². The first kappa shape index (κ1) is 15.3. The average molecular weight is 292 g/mol. The number of hydrogen-bond acceptors (Lipinski definition) is 5. The van der Waals surface area contributed by atoms with Crippen LogP contribution in [-0.4, -0.2) is 47.6 Å². The number of hydrogen-bond donors (Lipinski definition) is 0. The Balaban J connectivity index is 1.74. The number of amides is 1. The van der Waals surface area contributed by atoms with E-state index in [0.29, 0.717) is 19.7 Å². The Morgan fingerprint density at radius 1 is 1.33 bits per heavy atom. The molecule has 6 nitrogen and oxygen atoms in total. The number of likely N-dealkylation sites (tertiary alicyclic amines) is 1. The van der Waals surface area contributed by atoms with Gasteiger partial charge >= 0.3 is 5.97 Å². The van der Waals surface area contributed by atoms with Crippen LogP contribution in [0.2, 0.25) is 0 Å². The zero-order valence-corrected chi connectivity index (χ0v) is 12.2. The molecule has 0 aromatic carbocycles. The van der Waals surface area contributed by atoms with Gasteiger partial charge in [-0.15, -0.1) is 0 Å². The van der Waals surface area contributed by atoms with Crippen LogP contribution in [0.4, 0.5) is 0 Å². The molecular formula is C15H20N2O4. The van der Waals surface area contributed by atoms with Crippen LogP contribution in [0.1, 0.15) is 26.2 Å². The minimum absolute atomic E-state index is 0.000978. The maximum atomic E-state index is 12.0. The molecule has 6 heteroatoms. The number of carbonyl (C=O) groups excluding carboxylic acids is 2. The summed E-state index contributed by atoms with van der Waals surface area (Å²) in [7, 11) is 0. The standard InChI is InChI=1S/C15H20N2O4/c1-2-20-15(19)4-3-14(18)17-10-7-13(11-17)21-12-5-8-16-9-6-12/h5-6,8-9,13H,2-4,7,10-11H2,1H3/t13-/m0/s1. The van der Waals surface area contributed by atoms with Gasteiger partial charge in [-0.3, -0.25) is 14.6 Å². The van der Waals surface area contributed by atoms with Crippen LogP contribution in [0.25, 0.3) is 0 Å². The van der Waals surface area contributed by atoms with Crippen molar-refractivity contribution in [2.45, 2.75) is 32.3 Å². The summed E-state index contributed by atoms with van der Waals surface area (Å²) >= 11 is 0. The van der Waals surface area contributed by atoms with Crippen molar-refractivity contribution in [2.24, 2.45) is 0 Å². The van der Waals surface area contributed by atoms with Crippen LogP contribution in [-0.2, 0) is 14.3 Å². The molecule has 1 saturated heterocycles. The monoisotopic (exact) mass is 292 g/mol. The molecule has 0 spiro atoms. The molecule has 1 aliphatic rings. The van der Waals surface area contributed by atoms with Crippen molar-refractivity contribution in [1.82, 2.24) is 9.88 Å². The smallest absolute Gasteiger partial charge is 0.306 e. The van der Waals surface area contributed by atoms with Crippen molar-refractivity contribution >= 4 is 11.9 Å². The summed E-state index contributed by atoms with van der Waals surface area (Å²) in [5.74, 6) is 0.411. The fourth-order valence-electron chi connectivity index (χ4n) is 2.26. The van der Waals surface area contributed by atoms with Crippen LogP contribution >= 0.6 is 0 Å². The van der Waals surface area contributed by atoms with Gasteiger partial charge in [0, 0.05) is 31.8 Å². The SMILES string of the molecule is CCOC(=O)CCC(=O)N1CC[C@H](Oc2ccncc2)C1. The van der Waals surface area contributed by atoms with Crippen molar-refractivity contribution in [3.63, 3.8) is 0 Å². The lowest BCUT2D eigenvalue weighted by Crippen LogP contribution is -2.31. The molecule has 0 unspecified atom stereocenters. The predicted molar refractivity (Wildman–Crippen MR) is 75.7 cm³/mol. The molecule has 0 radical (unpaired) electrons. The average Bonchev–Trinajstić information content (AvgIpc) is 2.95. The number of pyridine rings is 1. The maximum Gasteiger partial charge on any atom is 0.306 e. The molecule has 0 bridgehead atoms. The second-order valence-electron chi connectivity index (χ2n) is 4.86. The Labute approximate surface area is 124 Å². The van der Waals surface area contributed by atoms with E-state index >= 15 is 0 Å². The summed E-state index contributed by atoms with van der Waals surface area (Å²) in [6.07, 6.45) is 4.48. The zero-order chi connectivity index (χ0) is 15.1. The van der Waals surface area contributed by atoms with Gasteiger partial charge in [-0.05, 0) is 19.1 Å². The topological polar surface area (TPSA) is 68.7 Å². The fraction of sp³-hybridized carbons (Fsp3) is 0.533. The molecule has 1 aliphatic heterocycles. The van der Waals surface area contributed by atoms with Gasteiger partial charge in [0.25, 0.3) is 0 Å². The Kier molecular flexibility index (Phi) is 5.54. The van der Waals surface area contributed by atoms with Gasteiger partial charge in [-0.25, -0.2) is 0 Å². The van der Waals surface area contributed by atoms with Crippen LogP contribution in [0.5, 0.6) is 5.75 Å². The number of nitrogens with zero attached hydrogens (tertiary/aromatic N) is 2. The summed E-state index contributed by atoms with van der Waals surface area (Å²) in [6.45, 7) is 3.32. The molecule has 1 aromatic rings. The van der Waals surface area contributed by atoms with Crippen LogP contribution < -0.4 is 4.74 Å². The summed E-state index contributed by atoms with van der Waals surface area (Å²) in [5.41, 5.74) is 0. The molecule has 1 atom stereocenters. The third kappa shape index (κ3) is 4.73. The molecule has 1 amide bonds. The first-order valence-corrected chi connectivity index (χ1v) is 7.19. The Morgan fingerprint density at radius 2 is 2.10 bits per heavy atom. The second-order valence-corrected chi connectivity index (χ2v) is 4.86. The minimum Gasteiger partial charge on any atom is -0.488 e. The first-order valence-electron chi connectivity index (χ1n) is 7.19. The Hall–Kier alpha value is -2.11. The Bertz CT molecular complexity index is 478. The summed E-state index contributed by atoms with van der Waals surface area (Å²) in [6, 6.07) is 3.59. The molecular weight excluding hydrogens is 272 g/mol. The van der Waals surface area contributed by atoms with E-state index < -0.39 is 0 Å². The lowest BCUT2D eigenvalue weighted by Gasteiger charge is -2.17. The highest BCUT2D eigenvalue weighted by Crippen LogP contribution is 2.18. The largest absolute Gasteiger partial charge is 0.488 e. The summed E-state index contributed by atoms with van der Waals surface area (Å²) < 4.78 is 10.6. The maximum absolute atomic E-state index is 12.0. The number of rotatable bonds is 6. The van der Waals surface area contributed by atoms with E-state index in [1.54, 1.807) is 36.4 Å². The molecule has 0 N–H and O–H groups in total. The number of carbonyl (C=O) groups is 2. The fourth-order valence-corrected chi connectivity index (χ4v) is 2.26. The van der Waals surface area contributed by atoms with E-state index in [4.69, 9.17) is 9.47 Å².